The Hall–Kier alpha value is -1.37. The highest BCUT2D eigenvalue weighted by Crippen LogP contribution is 2.20. The lowest BCUT2D eigenvalue weighted by atomic mass is 10.0. The van der Waals surface area contributed by atoms with E-state index in [-0.39, 0.29) is 0 Å². The zero-order valence-electron chi connectivity index (χ0n) is 11.2. The minimum absolute atomic E-state index is 0.389. The third-order valence-corrected chi connectivity index (χ3v) is 3.85. The van der Waals surface area contributed by atoms with Gasteiger partial charge in [0.15, 0.2) is 0 Å². The van der Waals surface area contributed by atoms with Crippen LogP contribution in [-0.2, 0) is 0 Å². The molecule has 0 amide bonds. The number of hydrogen-bond acceptors (Lipinski definition) is 3. The van der Waals surface area contributed by atoms with Crippen LogP contribution in [0.1, 0.15) is 36.9 Å². The van der Waals surface area contributed by atoms with Crippen LogP contribution in [0.4, 0.5) is 0 Å². The molecule has 96 valence electrons. The lowest BCUT2D eigenvalue weighted by molar-refractivity contribution is 0.238. The highest BCUT2D eigenvalue weighted by Gasteiger charge is 2.19. The van der Waals surface area contributed by atoms with Gasteiger partial charge < -0.3 is 5.32 Å². The molecule has 1 N–H and O–H groups in total. The molecule has 2 rings (SSSR count). The predicted molar refractivity (Wildman–Crippen MR) is 73.2 cm³/mol. The fourth-order valence-corrected chi connectivity index (χ4v) is 2.51. The fraction of sp³-hybridized carbons (Fsp3) is 0.533. The monoisotopic (exact) mass is 243 g/mol. The Morgan fingerprint density at radius 3 is 2.72 bits per heavy atom. The van der Waals surface area contributed by atoms with Crippen molar-refractivity contribution in [3.05, 3.63) is 35.4 Å². The average Bonchev–Trinajstić information content (AvgIpc) is 2.91. The van der Waals surface area contributed by atoms with Crippen molar-refractivity contribution in [2.24, 2.45) is 0 Å². The largest absolute Gasteiger partial charge is 0.313 e. The third-order valence-electron chi connectivity index (χ3n) is 3.85. The summed E-state index contributed by atoms with van der Waals surface area (Å²) >= 11 is 0. The van der Waals surface area contributed by atoms with Gasteiger partial charge in [0.1, 0.15) is 0 Å². The van der Waals surface area contributed by atoms with Crippen LogP contribution in [0.5, 0.6) is 0 Å². The lowest BCUT2D eigenvalue weighted by Crippen LogP contribution is -2.36. The molecule has 1 aromatic carbocycles. The van der Waals surface area contributed by atoms with Gasteiger partial charge in [-0.25, -0.2) is 0 Å². The maximum atomic E-state index is 8.80. The van der Waals surface area contributed by atoms with E-state index in [0.717, 1.165) is 18.7 Å². The van der Waals surface area contributed by atoms with Crippen LogP contribution in [-0.4, -0.2) is 31.1 Å². The normalized spacial score (nSPS) is 20.9. The molecule has 0 spiro atoms. The van der Waals surface area contributed by atoms with Crippen molar-refractivity contribution in [2.75, 3.05) is 20.1 Å². The molecule has 2 atom stereocenters. The maximum Gasteiger partial charge on any atom is 0.0991 e. The van der Waals surface area contributed by atoms with Gasteiger partial charge in [-0.1, -0.05) is 12.1 Å². The smallest absolute Gasteiger partial charge is 0.0991 e. The standard InChI is InChI=1S/C15H21N3/c1-12(14-7-5-13(10-16)6-8-14)18(2)11-15-4-3-9-17-15/h5-8,12,15,17H,3-4,9,11H2,1-2H3. The van der Waals surface area contributed by atoms with Crippen molar-refractivity contribution >= 4 is 0 Å². The number of rotatable bonds is 4. The summed E-state index contributed by atoms with van der Waals surface area (Å²) in [4.78, 5) is 2.38. The van der Waals surface area contributed by atoms with E-state index in [1.165, 1.54) is 18.4 Å². The van der Waals surface area contributed by atoms with Gasteiger partial charge in [0.25, 0.3) is 0 Å². The fourth-order valence-electron chi connectivity index (χ4n) is 2.51. The van der Waals surface area contributed by atoms with E-state index in [1.807, 2.05) is 12.1 Å². The summed E-state index contributed by atoms with van der Waals surface area (Å²) in [6.45, 7) is 4.46. The van der Waals surface area contributed by atoms with Crippen LogP contribution in [0, 0.1) is 11.3 Å². The highest BCUT2D eigenvalue weighted by atomic mass is 15.2. The van der Waals surface area contributed by atoms with Crippen molar-refractivity contribution in [3.8, 4) is 6.07 Å². The summed E-state index contributed by atoms with van der Waals surface area (Å²) in [7, 11) is 2.17. The Morgan fingerprint density at radius 2 is 2.17 bits per heavy atom. The molecular weight excluding hydrogens is 222 g/mol. The van der Waals surface area contributed by atoms with Gasteiger partial charge in [-0.15, -0.1) is 0 Å². The minimum atomic E-state index is 0.389. The molecular formula is C15H21N3. The van der Waals surface area contributed by atoms with Gasteiger partial charge >= 0.3 is 0 Å². The number of nitrogens with one attached hydrogen (secondary N) is 1. The van der Waals surface area contributed by atoms with Gasteiger partial charge in [0.2, 0.25) is 0 Å². The Morgan fingerprint density at radius 1 is 1.44 bits per heavy atom. The zero-order chi connectivity index (χ0) is 13.0. The first-order valence-electron chi connectivity index (χ1n) is 6.64. The molecule has 0 aliphatic carbocycles. The second kappa shape index (κ2) is 5.99. The predicted octanol–water partition coefficient (Wildman–Crippen LogP) is 2.30. The van der Waals surface area contributed by atoms with Crippen molar-refractivity contribution in [3.63, 3.8) is 0 Å². The summed E-state index contributed by atoms with van der Waals surface area (Å²) < 4.78 is 0. The summed E-state index contributed by atoms with van der Waals surface area (Å²) in [5.41, 5.74) is 2.00. The van der Waals surface area contributed by atoms with Gasteiger partial charge in [-0.05, 0) is 51.1 Å². The highest BCUT2D eigenvalue weighted by molar-refractivity contribution is 5.32. The molecule has 1 heterocycles. The first-order chi connectivity index (χ1) is 8.70. The van der Waals surface area contributed by atoms with Crippen molar-refractivity contribution in [1.82, 2.24) is 10.2 Å². The molecule has 1 fully saturated rings. The SMILES string of the molecule is CC(c1ccc(C#N)cc1)N(C)CC1CCCN1. The molecule has 1 aliphatic rings. The van der Waals surface area contributed by atoms with Gasteiger partial charge in [0.05, 0.1) is 11.6 Å². The lowest BCUT2D eigenvalue weighted by Gasteiger charge is -2.27. The first-order valence-corrected chi connectivity index (χ1v) is 6.64. The van der Waals surface area contributed by atoms with E-state index in [1.54, 1.807) is 0 Å². The Labute approximate surface area is 109 Å². The quantitative estimate of drug-likeness (QED) is 0.882. The molecule has 0 bridgehead atoms. The van der Waals surface area contributed by atoms with Gasteiger partial charge in [-0.2, -0.15) is 5.26 Å². The third kappa shape index (κ3) is 3.10. The van der Waals surface area contributed by atoms with Crippen LogP contribution < -0.4 is 5.32 Å². The van der Waals surface area contributed by atoms with E-state index in [4.69, 9.17) is 5.26 Å². The molecule has 2 unspecified atom stereocenters. The molecule has 1 saturated heterocycles. The van der Waals surface area contributed by atoms with Crippen LogP contribution in [0.2, 0.25) is 0 Å². The second-order valence-corrected chi connectivity index (χ2v) is 5.14. The van der Waals surface area contributed by atoms with Crippen molar-refractivity contribution < 1.29 is 0 Å². The second-order valence-electron chi connectivity index (χ2n) is 5.14. The van der Waals surface area contributed by atoms with E-state index in [9.17, 15) is 0 Å². The van der Waals surface area contributed by atoms with Gasteiger partial charge in [0, 0.05) is 18.6 Å². The number of nitriles is 1. The Balaban J connectivity index is 1.96. The molecule has 0 aromatic heterocycles. The zero-order valence-corrected chi connectivity index (χ0v) is 11.2. The number of hydrogen-bond donors (Lipinski definition) is 1. The molecule has 1 aliphatic heterocycles. The average molecular weight is 243 g/mol. The molecule has 3 heteroatoms. The number of likely N-dealkylation sites (N-methyl/N-ethyl adjacent to an activating group) is 1. The summed E-state index contributed by atoms with van der Waals surface area (Å²) in [6, 6.07) is 11.1. The molecule has 1 aromatic rings. The number of benzene rings is 1. The van der Waals surface area contributed by atoms with Gasteiger partial charge in [-0.3, -0.25) is 4.90 Å². The van der Waals surface area contributed by atoms with E-state index in [2.05, 4.69) is 42.4 Å². The van der Waals surface area contributed by atoms with E-state index in [0.29, 0.717) is 12.1 Å². The first kappa shape index (κ1) is 13.1. The maximum absolute atomic E-state index is 8.80. The molecule has 3 nitrogen and oxygen atoms in total. The summed E-state index contributed by atoms with van der Waals surface area (Å²) in [6.07, 6.45) is 2.58. The molecule has 18 heavy (non-hydrogen) atoms. The van der Waals surface area contributed by atoms with Crippen molar-refractivity contribution in [1.29, 1.82) is 5.26 Å². The summed E-state index contributed by atoms with van der Waals surface area (Å²) in [5, 5.41) is 12.3. The van der Waals surface area contributed by atoms with Crippen LogP contribution in [0.15, 0.2) is 24.3 Å². The van der Waals surface area contributed by atoms with Crippen molar-refractivity contribution in [2.45, 2.75) is 31.8 Å². The number of nitrogens with zero attached hydrogens (tertiary/aromatic N) is 2. The Kier molecular flexibility index (Phi) is 4.35. The molecule has 0 radical (unpaired) electrons. The summed E-state index contributed by atoms with van der Waals surface area (Å²) in [5.74, 6) is 0. The molecule has 0 saturated carbocycles. The van der Waals surface area contributed by atoms with Crippen LogP contribution in [0.25, 0.3) is 0 Å². The van der Waals surface area contributed by atoms with Crippen LogP contribution >= 0.6 is 0 Å². The minimum Gasteiger partial charge on any atom is -0.313 e. The van der Waals surface area contributed by atoms with Crippen LogP contribution in [0.3, 0.4) is 0 Å². The topological polar surface area (TPSA) is 39.1 Å². The van der Waals surface area contributed by atoms with E-state index < -0.39 is 0 Å². The van der Waals surface area contributed by atoms with E-state index >= 15 is 0 Å². The Bertz CT molecular complexity index is 412.